The predicted molar refractivity (Wildman–Crippen MR) is 162 cm³/mol. The van der Waals surface area contributed by atoms with E-state index in [9.17, 15) is 8.42 Å². The fourth-order valence-electron chi connectivity index (χ4n) is 5.25. The van der Waals surface area contributed by atoms with E-state index in [1.807, 2.05) is 29.8 Å². The minimum Gasteiger partial charge on any atom is -0.460 e. The lowest BCUT2D eigenvalue weighted by molar-refractivity contribution is 0.0897. The molecule has 212 valence electrons. The summed E-state index contributed by atoms with van der Waals surface area (Å²) in [5.41, 5.74) is 2.42. The number of hydrogen-bond donors (Lipinski definition) is 1. The van der Waals surface area contributed by atoms with Crippen molar-refractivity contribution < 1.29 is 13.2 Å². The van der Waals surface area contributed by atoms with Crippen molar-refractivity contribution >= 4 is 49.3 Å². The third-order valence-corrected chi connectivity index (χ3v) is 11.7. The minimum absolute atomic E-state index is 0.134. The third kappa shape index (κ3) is 5.74. The van der Waals surface area contributed by atoms with Gasteiger partial charge in [-0.2, -0.15) is 0 Å². The maximum atomic E-state index is 13.7. The maximum Gasteiger partial charge on any atom is 0.316 e. The van der Waals surface area contributed by atoms with Crippen LogP contribution in [0.3, 0.4) is 0 Å². The molecule has 7 rings (SSSR count). The fourth-order valence-corrected chi connectivity index (χ4v) is 8.83. The number of anilines is 1. The van der Waals surface area contributed by atoms with Crippen molar-refractivity contribution in [2.24, 2.45) is 5.92 Å². The van der Waals surface area contributed by atoms with Crippen LogP contribution >= 0.6 is 22.7 Å². The maximum absolute atomic E-state index is 13.7. The Morgan fingerprint density at radius 3 is 2.61 bits per heavy atom. The molecule has 0 spiro atoms. The van der Waals surface area contributed by atoms with Crippen molar-refractivity contribution in [2.75, 3.05) is 23.9 Å². The Morgan fingerprint density at radius 2 is 1.85 bits per heavy atom. The quantitative estimate of drug-likeness (QED) is 0.215. The van der Waals surface area contributed by atoms with Crippen molar-refractivity contribution in [3.63, 3.8) is 0 Å². The molecule has 2 aliphatic rings. The van der Waals surface area contributed by atoms with Crippen molar-refractivity contribution in [3.8, 4) is 16.7 Å². The summed E-state index contributed by atoms with van der Waals surface area (Å²) < 4.78 is 35.3. The number of nitrogens with zero attached hydrogens (tertiary/aromatic N) is 5. The molecule has 5 heterocycles. The second-order valence-corrected chi connectivity index (χ2v) is 14.7. The number of piperidine rings is 1. The van der Waals surface area contributed by atoms with Gasteiger partial charge in [0.15, 0.2) is 0 Å². The largest absolute Gasteiger partial charge is 0.460 e. The first kappa shape index (κ1) is 26.6. The molecule has 1 aliphatic carbocycles. The Labute approximate surface area is 246 Å². The van der Waals surface area contributed by atoms with Gasteiger partial charge in [-0.15, -0.1) is 22.7 Å². The Morgan fingerprint density at radius 1 is 1.02 bits per heavy atom. The number of thiophene rings is 1. The summed E-state index contributed by atoms with van der Waals surface area (Å²) in [6.07, 6.45) is 9.48. The molecule has 0 radical (unpaired) electrons. The number of aromatic nitrogens is 4. The van der Waals surface area contributed by atoms with E-state index in [-0.39, 0.29) is 6.10 Å². The van der Waals surface area contributed by atoms with Gasteiger partial charge < -0.3 is 9.72 Å². The normalized spacial score (nSPS) is 16.8. The van der Waals surface area contributed by atoms with E-state index in [2.05, 4.69) is 25.9 Å². The van der Waals surface area contributed by atoms with Crippen LogP contribution in [0, 0.1) is 5.92 Å². The number of likely N-dealkylation sites (tertiary alicyclic amines) is 1. The van der Waals surface area contributed by atoms with Gasteiger partial charge in [0.25, 0.3) is 10.0 Å². The molecule has 4 aromatic heterocycles. The molecule has 0 amide bonds. The highest BCUT2D eigenvalue weighted by Gasteiger charge is 2.34. The van der Waals surface area contributed by atoms with E-state index >= 15 is 0 Å². The molecule has 1 aromatic carbocycles. The van der Waals surface area contributed by atoms with E-state index in [1.165, 1.54) is 16.2 Å². The van der Waals surface area contributed by atoms with Crippen LogP contribution in [0.25, 0.3) is 21.6 Å². The average molecular weight is 607 g/mol. The molecule has 1 aliphatic heterocycles. The number of rotatable bonds is 10. The smallest absolute Gasteiger partial charge is 0.316 e. The van der Waals surface area contributed by atoms with Crippen LogP contribution in [-0.4, -0.2) is 59.0 Å². The van der Waals surface area contributed by atoms with Crippen LogP contribution in [0.1, 0.15) is 30.6 Å². The van der Waals surface area contributed by atoms with Crippen LogP contribution in [0.4, 0.5) is 5.69 Å². The number of aromatic amines is 1. The standard InChI is InChI=1S/C29H30N6O3S3/c36-41(37,26-6-2-15-39-26)35(18-20-7-8-20)25-5-1-4-21-16-24(33-27(21)25)28-32-17-23(40-28)19-34-13-9-22(10-14-34)38-29-30-11-3-12-31-29/h1-6,11-12,15-17,20,22,33H,7-10,13-14,18-19H2. The molecule has 41 heavy (non-hydrogen) atoms. The van der Waals surface area contributed by atoms with Gasteiger partial charge in [-0.25, -0.2) is 23.4 Å². The van der Waals surface area contributed by atoms with Gasteiger partial charge in [0.1, 0.15) is 15.3 Å². The fraction of sp³-hybridized carbons (Fsp3) is 0.345. The highest BCUT2D eigenvalue weighted by Crippen LogP contribution is 2.39. The van der Waals surface area contributed by atoms with E-state index in [1.54, 1.807) is 46.2 Å². The molecule has 5 aromatic rings. The summed E-state index contributed by atoms with van der Waals surface area (Å²) in [6, 6.07) is 13.6. The average Bonchev–Trinajstić information content (AvgIpc) is 3.37. The van der Waals surface area contributed by atoms with Crippen LogP contribution in [0.15, 0.2) is 70.6 Å². The highest BCUT2D eigenvalue weighted by molar-refractivity contribution is 7.94. The first-order chi connectivity index (χ1) is 20.0. The molecule has 0 bridgehead atoms. The summed E-state index contributed by atoms with van der Waals surface area (Å²) in [6.45, 7) is 3.22. The Balaban J connectivity index is 1.07. The second kappa shape index (κ2) is 11.2. The number of hydrogen-bond acceptors (Lipinski definition) is 9. The first-order valence-electron chi connectivity index (χ1n) is 13.8. The van der Waals surface area contributed by atoms with Crippen molar-refractivity contribution in [3.05, 3.63) is 71.3 Å². The zero-order valence-electron chi connectivity index (χ0n) is 22.3. The Kier molecular flexibility index (Phi) is 7.23. The van der Waals surface area contributed by atoms with Crippen molar-refractivity contribution in [1.82, 2.24) is 24.8 Å². The zero-order valence-corrected chi connectivity index (χ0v) is 24.8. The van der Waals surface area contributed by atoms with Gasteiger partial charge in [0, 0.05) is 55.0 Å². The molecule has 2 fully saturated rings. The van der Waals surface area contributed by atoms with E-state index < -0.39 is 10.0 Å². The van der Waals surface area contributed by atoms with Crippen LogP contribution in [0.2, 0.25) is 0 Å². The number of fused-ring (bicyclic) bond motifs is 1. The second-order valence-electron chi connectivity index (χ2n) is 10.6. The van der Waals surface area contributed by atoms with Crippen LogP contribution in [0.5, 0.6) is 6.01 Å². The van der Waals surface area contributed by atoms with E-state index in [4.69, 9.17) is 9.72 Å². The van der Waals surface area contributed by atoms with Crippen LogP contribution < -0.4 is 9.04 Å². The van der Waals surface area contributed by atoms with Crippen molar-refractivity contribution in [1.29, 1.82) is 0 Å². The van der Waals surface area contributed by atoms with Gasteiger partial charge in [-0.1, -0.05) is 18.2 Å². The van der Waals surface area contributed by atoms with E-state index in [0.29, 0.717) is 28.4 Å². The Bertz CT molecular complexity index is 1720. The van der Waals surface area contributed by atoms with Gasteiger partial charge in [0.05, 0.1) is 16.9 Å². The summed E-state index contributed by atoms with van der Waals surface area (Å²) in [4.78, 5) is 20.2. The summed E-state index contributed by atoms with van der Waals surface area (Å²) in [7, 11) is -3.65. The first-order valence-corrected chi connectivity index (χ1v) is 17.0. The highest BCUT2D eigenvalue weighted by atomic mass is 32.2. The summed E-state index contributed by atoms with van der Waals surface area (Å²) in [5, 5.41) is 3.68. The molecular weight excluding hydrogens is 577 g/mol. The number of thiazole rings is 1. The number of para-hydroxylation sites is 1. The lowest BCUT2D eigenvalue weighted by Gasteiger charge is -2.31. The SMILES string of the molecule is O=S(=O)(c1cccs1)N(CC1CC1)c1cccc2cc(-c3ncc(CN4CCC(Oc5ncccn5)CC4)s3)[nH]c12. The number of ether oxygens (including phenoxy) is 1. The molecule has 9 nitrogen and oxygen atoms in total. The third-order valence-electron chi connectivity index (χ3n) is 7.58. The number of H-pyrrole nitrogens is 1. The van der Waals surface area contributed by atoms with Gasteiger partial charge in [-0.05, 0) is 61.2 Å². The summed E-state index contributed by atoms with van der Waals surface area (Å²) in [5.74, 6) is 0.402. The molecule has 1 N–H and O–H groups in total. The monoisotopic (exact) mass is 606 g/mol. The number of benzene rings is 1. The zero-order chi connectivity index (χ0) is 27.8. The van der Waals surface area contributed by atoms with Gasteiger partial charge >= 0.3 is 6.01 Å². The lowest BCUT2D eigenvalue weighted by Crippen LogP contribution is -2.37. The molecule has 12 heteroatoms. The number of nitrogens with one attached hydrogen (secondary N) is 1. The van der Waals surface area contributed by atoms with E-state index in [0.717, 1.165) is 66.9 Å². The molecule has 0 unspecified atom stereocenters. The van der Waals surface area contributed by atoms with Gasteiger partial charge in [0.2, 0.25) is 0 Å². The molecule has 1 saturated heterocycles. The predicted octanol–water partition coefficient (Wildman–Crippen LogP) is 5.79. The molecule has 1 saturated carbocycles. The lowest BCUT2D eigenvalue weighted by atomic mass is 10.1. The molecular formula is C29H30N6O3S3. The van der Waals surface area contributed by atoms with Crippen molar-refractivity contribution in [2.45, 2.75) is 42.5 Å². The van der Waals surface area contributed by atoms with Gasteiger partial charge in [-0.3, -0.25) is 9.21 Å². The Hall–Kier alpha value is -3.32. The minimum atomic E-state index is -3.65. The molecule has 0 atom stereocenters. The number of sulfonamides is 1. The van der Waals surface area contributed by atoms with Crippen LogP contribution in [-0.2, 0) is 16.6 Å². The summed E-state index contributed by atoms with van der Waals surface area (Å²) >= 11 is 2.93. The topological polar surface area (TPSA) is 104 Å².